The molecule has 1 aromatic heterocycles. The zero-order valence-corrected chi connectivity index (χ0v) is 13.4. The molecule has 1 aliphatic rings. The SMILES string of the molecule is Cc1ccnc(NC(=O)C2=NN(c3ccc(F)cc3)C(C(N)=O)C2)c1. The lowest BCUT2D eigenvalue weighted by Gasteiger charge is -2.20. The maximum absolute atomic E-state index is 13.1. The van der Waals surface area contributed by atoms with Crippen molar-refractivity contribution in [2.24, 2.45) is 10.8 Å². The molecule has 0 saturated carbocycles. The van der Waals surface area contributed by atoms with Gasteiger partial charge < -0.3 is 11.1 Å². The number of benzene rings is 1. The molecule has 1 unspecified atom stereocenters. The Morgan fingerprint density at radius 3 is 2.64 bits per heavy atom. The summed E-state index contributed by atoms with van der Waals surface area (Å²) in [6, 6.07) is 8.15. The molecule has 2 heterocycles. The summed E-state index contributed by atoms with van der Waals surface area (Å²) in [4.78, 5) is 28.2. The summed E-state index contributed by atoms with van der Waals surface area (Å²) in [5.74, 6) is -1.10. The van der Waals surface area contributed by atoms with Gasteiger partial charge in [0.05, 0.1) is 5.69 Å². The summed E-state index contributed by atoms with van der Waals surface area (Å²) < 4.78 is 13.1. The van der Waals surface area contributed by atoms with E-state index in [1.165, 1.54) is 29.3 Å². The Hall–Kier alpha value is -3.29. The van der Waals surface area contributed by atoms with E-state index in [1.54, 1.807) is 12.3 Å². The number of anilines is 2. The molecule has 0 spiro atoms. The molecule has 1 atom stereocenters. The molecule has 25 heavy (non-hydrogen) atoms. The molecule has 0 fully saturated rings. The maximum atomic E-state index is 13.1. The zero-order valence-electron chi connectivity index (χ0n) is 13.4. The van der Waals surface area contributed by atoms with Gasteiger partial charge in [0.15, 0.2) is 0 Å². The largest absolute Gasteiger partial charge is 0.368 e. The fourth-order valence-electron chi connectivity index (χ4n) is 2.49. The first-order chi connectivity index (χ1) is 11.9. The average molecular weight is 341 g/mol. The lowest BCUT2D eigenvalue weighted by Crippen LogP contribution is -2.39. The number of pyridine rings is 1. The van der Waals surface area contributed by atoms with Crippen LogP contribution in [-0.2, 0) is 9.59 Å². The van der Waals surface area contributed by atoms with Crippen LogP contribution in [0.3, 0.4) is 0 Å². The van der Waals surface area contributed by atoms with Gasteiger partial charge in [0.2, 0.25) is 5.91 Å². The standard InChI is InChI=1S/C17H16FN5O2/c1-10-6-7-20-15(8-10)21-17(25)13-9-14(16(19)24)23(22-13)12-4-2-11(18)3-5-12/h2-8,14H,9H2,1H3,(H2,19,24)(H,20,21,25). The number of nitrogens with two attached hydrogens (primary N) is 1. The van der Waals surface area contributed by atoms with Crippen molar-refractivity contribution in [2.75, 3.05) is 10.3 Å². The molecule has 2 amide bonds. The van der Waals surface area contributed by atoms with Gasteiger partial charge in [0, 0.05) is 12.6 Å². The van der Waals surface area contributed by atoms with Crippen LogP contribution in [0.4, 0.5) is 15.9 Å². The van der Waals surface area contributed by atoms with Gasteiger partial charge in [-0.1, -0.05) is 0 Å². The van der Waals surface area contributed by atoms with Crippen molar-refractivity contribution < 1.29 is 14.0 Å². The third-order valence-corrected chi connectivity index (χ3v) is 3.75. The highest BCUT2D eigenvalue weighted by Crippen LogP contribution is 2.25. The van der Waals surface area contributed by atoms with E-state index in [0.29, 0.717) is 11.5 Å². The first-order valence-electron chi connectivity index (χ1n) is 7.59. The van der Waals surface area contributed by atoms with Gasteiger partial charge in [-0.05, 0) is 48.9 Å². The lowest BCUT2D eigenvalue weighted by molar-refractivity contribution is -0.119. The van der Waals surface area contributed by atoms with Gasteiger partial charge in [-0.25, -0.2) is 9.37 Å². The first-order valence-corrected chi connectivity index (χ1v) is 7.59. The predicted octanol–water partition coefficient (Wildman–Crippen LogP) is 1.59. The molecular formula is C17H16FN5O2. The predicted molar refractivity (Wildman–Crippen MR) is 91.5 cm³/mol. The van der Waals surface area contributed by atoms with E-state index in [0.717, 1.165) is 5.56 Å². The Morgan fingerprint density at radius 2 is 2.00 bits per heavy atom. The molecule has 2 aromatic rings. The molecule has 3 N–H and O–H groups in total. The second kappa shape index (κ2) is 6.68. The quantitative estimate of drug-likeness (QED) is 0.882. The van der Waals surface area contributed by atoms with Gasteiger partial charge >= 0.3 is 0 Å². The highest BCUT2D eigenvalue weighted by molar-refractivity contribution is 6.44. The summed E-state index contributed by atoms with van der Waals surface area (Å²) in [6.07, 6.45) is 1.64. The van der Waals surface area contributed by atoms with Crippen LogP contribution in [0.2, 0.25) is 0 Å². The van der Waals surface area contributed by atoms with Gasteiger partial charge in [0.1, 0.15) is 23.4 Å². The minimum Gasteiger partial charge on any atom is -0.368 e. The van der Waals surface area contributed by atoms with Crippen LogP contribution in [0, 0.1) is 12.7 Å². The minimum atomic E-state index is -0.809. The van der Waals surface area contributed by atoms with E-state index < -0.39 is 23.7 Å². The molecule has 8 heteroatoms. The molecule has 128 valence electrons. The zero-order chi connectivity index (χ0) is 18.0. The Morgan fingerprint density at radius 1 is 1.28 bits per heavy atom. The van der Waals surface area contributed by atoms with Gasteiger partial charge in [0.25, 0.3) is 5.91 Å². The second-order valence-electron chi connectivity index (χ2n) is 5.66. The Balaban J connectivity index is 1.83. The average Bonchev–Trinajstić information content (AvgIpc) is 3.01. The molecule has 7 nitrogen and oxygen atoms in total. The van der Waals surface area contributed by atoms with Gasteiger partial charge in [-0.2, -0.15) is 5.10 Å². The number of hydrogen-bond acceptors (Lipinski definition) is 5. The van der Waals surface area contributed by atoms with Gasteiger partial charge in [-0.3, -0.25) is 14.6 Å². The number of primary amides is 1. The van der Waals surface area contributed by atoms with Crippen molar-refractivity contribution in [1.82, 2.24) is 4.98 Å². The van der Waals surface area contributed by atoms with E-state index in [1.807, 2.05) is 13.0 Å². The maximum Gasteiger partial charge on any atom is 0.273 e. The van der Waals surface area contributed by atoms with Crippen molar-refractivity contribution in [3.05, 3.63) is 54.0 Å². The molecule has 0 bridgehead atoms. The van der Waals surface area contributed by atoms with Crippen LogP contribution in [0.15, 0.2) is 47.7 Å². The summed E-state index contributed by atoms with van der Waals surface area (Å²) in [5.41, 5.74) is 6.99. The highest BCUT2D eigenvalue weighted by atomic mass is 19.1. The number of aryl methyl sites for hydroxylation is 1. The summed E-state index contributed by atoms with van der Waals surface area (Å²) >= 11 is 0. The number of nitrogens with zero attached hydrogens (tertiary/aromatic N) is 3. The first kappa shape index (κ1) is 16.6. The van der Waals surface area contributed by atoms with E-state index in [-0.39, 0.29) is 12.1 Å². The third kappa shape index (κ3) is 3.63. The molecule has 1 aromatic carbocycles. The normalized spacial score (nSPS) is 16.5. The van der Waals surface area contributed by atoms with E-state index in [4.69, 9.17) is 5.73 Å². The number of halogens is 1. The van der Waals surface area contributed by atoms with Crippen LogP contribution < -0.4 is 16.1 Å². The minimum absolute atomic E-state index is 0.0599. The van der Waals surface area contributed by atoms with Crippen molar-refractivity contribution >= 4 is 29.0 Å². The number of carbonyl (C=O) groups is 2. The summed E-state index contributed by atoms with van der Waals surface area (Å²) in [6.45, 7) is 1.88. The Kier molecular flexibility index (Phi) is 4.42. The van der Waals surface area contributed by atoms with Crippen LogP contribution in [0.1, 0.15) is 12.0 Å². The van der Waals surface area contributed by atoms with Crippen molar-refractivity contribution in [2.45, 2.75) is 19.4 Å². The summed E-state index contributed by atoms with van der Waals surface area (Å²) in [5, 5.41) is 8.18. The number of nitrogens with one attached hydrogen (secondary N) is 1. The van der Waals surface area contributed by atoms with Crippen LogP contribution in [0.25, 0.3) is 0 Å². The van der Waals surface area contributed by atoms with Crippen molar-refractivity contribution in [3.63, 3.8) is 0 Å². The van der Waals surface area contributed by atoms with Crippen LogP contribution in [0.5, 0.6) is 0 Å². The highest BCUT2D eigenvalue weighted by Gasteiger charge is 2.35. The fraction of sp³-hybridized carbons (Fsp3) is 0.176. The van der Waals surface area contributed by atoms with Crippen molar-refractivity contribution in [3.8, 4) is 0 Å². The number of hydrogen-bond donors (Lipinski definition) is 2. The number of rotatable bonds is 4. The monoisotopic (exact) mass is 341 g/mol. The smallest absolute Gasteiger partial charge is 0.273 e. The Labute approximate surface area is 143 Å². The molecular weight excluding hydrogens is 325 g/mol. The van der Waals surface area contributed by atoms with E-state index >= 15 is 0 Å². The van der Waals surface area contributed by atoms with Crippen LogP contribution in [-0.4, -0.2) is 28.6 Å². The molecule has 1 aliphatic heterocycles. The van der Waals surface area contributed by atoms with Gasteiger partial charge in [-0.15, -0.1) is 0 Å². The fourth-order valence-corrected chi connectivity index (χ4v) is 2.49. The molecule has 0 saturated heterocycles. The molecule has 3 rings (SSSR count). The second-order valence-corrected chi connectivity index (χ2v) is 5.66. The van der Waals surface area contributed by atoms with Crippen LogP contribution >= 0.6 is 0 Å². The number of carbonyl (C=O) groups excluding carboxylic acids is 2. The molecule has 0 aliphatic carbocycles. The number of amides is 2. The molecule has 0 radical (unpaired) electrons. The number of hydrazone groups is 1. The summed E-state index contributed by atoms with van der Waals surface area (Å²) in [7, 11) is 0. The van der Waals surface area contributed by atoms with E-state index in [9.17, 15) is 14.0 Å². The third-order valence-electron chi connectivity index (χ3n) is 3.75. The Bertz CT molecular complexity index is 850. The topological polar surface area (TPSA) is 101 Å². The van der Waals surface area contributed by atoms with Crippen molar-refractivity contribution in [1.29, 1.82) is 0 Å². The van der Waals surface area contributed by atoms with E-state index in [2.05, 4.69) is 15.4 Å². The number of aromatic nitrogens is 1. The lowest BCUT2D eigenvalue weighted by atomic mass is 10.1.